The summed E-state index contributed by atoms with van der Waals surface area (Å²) >= 11 is 1.25. The van der Waals surface area contributed by atoms with E-state index in [-0.39, 0.29) is 24.7 Å². The third-order valence-electron chi connectivity index (χ3n) is 3.30. The average Bonchev–Trinajstić information content (AvgIpc) is 2.91. The third-order valence-corrected chi connectivity index (χ3v) is 6.11. The monoisotopic (exact) mass is 349 g/mol. The minimum atomic E-state index is -3.79. The summed E-state index contributed by atoms with van der Waals surface area (Å²) in [6, 6.07) is 1.67. The lowest BCUT2D eigenvalue weighted by molar-refractivity contribution is -0.117. The molecule has 0 aliphatic carbocycles. The molecule has 2 rings (SSSR count). The van der Waals surface area contributed by atoms with E-state index in [1.54, 1.807) is 32.2 Å². The first-order valence-corrected chi connectivity index (χ1v) is 9.63. The molecule has 8 heteroatoms. The van der Waals surface area contributed by atoms with Crippen LogP contribution in [0.15, 0.2) is 11.4 Å². The van der Waals surface area contributed by atoms with Crippen LogP contribution in [-0.2, 0) is 13.8 Å². The molecule has 0 saturated carbocycles. The minimum absolute atomic E-state index is 0.00436. The van der Waals surface area contributed by atoms with Gasteiger partial charge in [0.25, 0.3) is 0 Å². The van der Waals surface area contributed by atoms with Gasteiger partial charge in [0.2, 0.25) is 15.0 Å². The molecule has 2 heterocycles. The Kier molecular flexibility index (Phi) is 4.21. The number of thiophene rings is 1. The molecule has 0 N–H and O–H groups in total. The second kappa shape index (κ2) is 5.37. The number of rotatable bonds is 3. The van der Waals surface area contributed by atoms with Crippen LogP contribution in [0.5, 0.6) is 0 Å². The molecular weight excluding hydrogens is 334 g/mol. The van der Waals surface area contributed by atoms with Crippen LogP contribution in [-0.4, -0.2) is 31.9 Å². The van der Waals surface area contributed by atoms with Gasteiger partial charge in [0.15, 0.2) is 5.78 Å². The molecule has 1 atom stereocenters. The molecule has 1 aliphatic rings. The number of halogens is 1. The Bertz CT molecular complexity index is 687. The molecule has 0 radical (unpaired) electrons. The Morgan fingerprint density at radius 1 is 1.43 bits per heavy atom. The maximum absolute atomic E-state index is 12.4. The standard InChI is InChI=1S/C13H16ClNO4S2/c1-13(2,3)11(17)9-4-5-20-12(9)15-7-8(6-10(15)16)21(14,18)19/h4-5,8H,6-7H2,1-3H3. The van der Waals surface area contributed by atoms with Crippen molar-refractivity contribution in [3.63, 3.8) is 0 Å². The zero-order chi connectivity index (χ0) is 16.0. The molecule has 116 valence electrons. The maximum Gasteiger partial charge on any atom is 0.237 e. The van der Waals surface area contributed by atoms with E-state index in [0.29, 0.717) is 10.6 Å². The van der Waals surface area contributed by atoms with Crippen molar-refractivity contribution in [2.75, 3.05) is 11.4 Å². The SMILES string of the molecule is CC(C)(C)C(=O)c1ccsc1N1CC(S(=O)(=O)Cl)CC1=O. The molecule has 0 spiro atoms. The summed E-state index contributed by atoms with van der Waals surface area (Å²) in [5, 5.41) is 1.30. The van der Waals surface area contributed by atoms with Crippen LogP contribution in [0.4, 0.5) is 5.00 Å². The van der Waals surface area contributed by atoms with Gasteiger partial charge < -0.3 is 4.90 Å². The van der Waals surface area contributed by atoms with Crippen molar-refractivity contribution in [3.8, 4) is 0 Å². The lowest BCUT2D eigenvalue weighted by atomic mass is 9.87. The fraction of sp³-hybridized carbons (Fsp3) is 0.538. The van der Waals surface area contributed by atoms with Gasteiger partial charge in [-0.3, -0.25) is 9.59 Å². The molecule has 1 fully saturated rings. The van der Waals surface area contributed by atoms with Gasteiger partial charge in [-0.1, -0.05) is 20.8 Å². The van der Waals surface area contributed by atoms with Crippen LogP contribution in [0.1, 0.15) is 37.6 Å². The van der Waals surface area contributed by atoms with E-state index in [1.165, 1.54) is 16.2 Å². The predicted octanol–water partition coefficient (Wildman–Crippen LogP) is 2.65. The van der Waals surface area contributed by atoms with Crippen LogP contribution in [0.3, 0.4) is 0 Å². The van der Waals surface area contributed by atoms with Crippen molar-refractivity contribution < 1.29 is 18.0 Å². The first kappa shape index (κ1) is 16.5. The molecular formula is C13H16ClNO4S2. The molecule has 1 saturated heterocycles. The van der Waals surface area contributed by atoms with E-state index in [0.717, 1.165) is 0 Å². The van der Waals surface area contributed by atoms with E-state index in [1.807, 2.05) is 0 Å². The van der Waals surface area contributed by atoms with Crippen LogP contribution < -0.4 is 4.90 Å². The van der Waals surface area contributed by atoms with E-state index < -0.39 is 19.7 Å². The molecule has 1 aromatic heterocycles. The van der Waals surface area contributed by atoms with E-state index in [4.69, 9.17) is 10.7 Å². The average molecular weight is 350 g/mol. The largest absolute Gasteiger partial charge is 0.302 e. The third kappa shape index (κ3) is 3.30. The second-order valence-corrected chi connectivity index (χ2v) is 9.83. The number of hydrogen-bond acceptors (Lipinski definition) is 5. The first-order valence-electron chi connectivity index (χ1n) is 6.38. The predicted molar refractivity (Wildman–Crippen MR) is 83.6 cm³/mol. The molecule has 1 amide bonds. The zero-order valence-electron chi connectivity index (χ0n) is 11.9. The number of carbonyl (C=O) groups excluding carboxylic acids is 2. The highest BCUT2D eigenvalue weighted by Crippen LogP contribution is 2.36. The lowest BCUT2D eigenvalue weighted by Gasteiger charge is -2.20. The summed E-state index contributed by atoms with van der Waals surface area (Å²) in [5.74, 6) is -0.404. The number of Topliss-reactive ketones (excluding diaryl/α,β-unsaturated/α-hetero) is 1. The van der Waals surface area contributed by atoms with Crippen molar-refractivity contribution in [3.05, 3.63) is 17.0 Å². The van der Waals surface area contributed by atoms with Crippen LogP contribution in [0, 0.1) is 5.41 Å². The van der Waals surface area contributed by atoms with Gasteiger partial charge in [-0.05, 0) is 11.4 Å². The quantitative estimate of drug-likeness (QED) is 0.621. The fourth-order valence-corrected chi connectivity index (χ4v) is 4.10. The number of hydrogen-bond donors (Lipinski definition) is 0. The van der Waals surface area contributed by atoms with Crippen LogP contribution >= 0.6 is 22.0 Å². The molecule has 1 aromatic rings. The Morgan fingerprint density at radius 3 is 2.52 bits per heavy atom. The van der Waals surface area contributed by atoms with E-state index >= 15 is 0 Å². The zero-order valence-corrected chi connectivity index (χ0v) is 14.3. The van der Waals surface area contributed by atoms with Crippen molar-refractivity contribution in [1.82, 2.24) is 0 Å². The van der Waals surface area contributed by atoms with E-state index in [9.17, 15) is 18.0 Å². The molecule has 0 bridgehead atoms. The second-order valence-electron chi connectivity index (χ2n) is 6.02. The smallest absolute Gasteiger partial charge is 0.237 e. The highest BCUT2D eigenvalue weighted by Gasteiger charge is 2.40. The van der Waals surface area contributed by atoms with Crippen molar-refractivity contribution in [2.45, 2.75) is 32.4 Å². The number of anilines is 1. The topological polar surface area (TPSA) is 71.5 Å². The van der Waals surface area contributed by atoms with Crippen molar-refractivity contribution in [1.29, 1.82) is 0 Å². The summed E-state index contributed by atoms with van der Waals surface area (Å²) in [6.45, 7) is 5.40. The summed E-state index contributed by atoms with van der Waals surface area (Å²) < 4.78 is 22.8. The van der Waals surface area contributed by atoms with Gasteiger partial charge in [0.05, 0.1) is 5.56 Å². The molecule has 5 nitrogen and oxygen atoms in total. The Labute approximate surface area is 132 Å². The van der Waals surface area contributed by atoms with Gasteiger partial charge in [-0.2, -0.15) is 0 Å². The summed E-state index contributed by atoms with van der Waals surface area (Å²) in [4.78, 5) is 25.8. The number of nitrogens with zero attached hydrogens (tertiary/aromatic N) is 1. The van der Waals surface area contributed by atoms with Crippen LogP contribution in [0.2, 0.25) is 0 Å². The van der Waals surface area contributed by atoms with Crippen LogP contribution in [0.25, 0.3) is 0 Å². The van der Waals surface area contributed by atoms with Gasteiger partial charge >= 0.3 is 0 Å². The van der Waals surface area contributed by atoms with Crippen molar-refractivity contribution in [2.24, 2.45) is 5.41 Å². The summed E-state index contributed by atoms with van der Waals surface area (Å²) in [6.07, 6.45) is -0.146. The normalized spacial score (nSPS) is 20.1. The molecule has 1 aliphatic heterocycles. The Hall–Kier alpha value is -0.920. The molecule has 21 heavy (non-hydrogen) atoms. The molecule has 0 aromatic carbocycles. The fourth-order valence-electron chi connectivity index (χ4n) is 2.15. The minimum Gasteiger partial charge on any atom is -0.302 e. The van der Waals surface area contributed by atoms with Gasteiger partial charge in [0, 0.05) is 29.1 Å². The highest BCUT2D eigenvalue weighted by molar-refractivity contribution is 8.14. The summed E-state index contributed by atoms with van der Waals surface area (Å²) in [5.41, 5.74) is -0.121. The van der Waals surface area contributed by atoms with Gasteiger partial charge in [-0.25, -0.2) is 8.42 Å². The van der Waals surface area contributed by atoms with Gasteiger partial charge in [-0.15, -0.1) is 11.3 Å². The molecule has 1 unspecified atom stereocenters. The van der Waals surface area contributed by atoms with Crippen molar-refractivity contribution >= 4 is 47.8 Å². The Balaban J connectivity index is 2.35. The van der Waals surface area contributed by atoms with E-state index in [2.05, 4.69) is 0 Å². The summed E-state index contributed by atoms with van der Waals surface area (Å²) in [7, 11) is 1.54. The number of carbonyl (C=O) groups is 2. The number of amides is 1. The first-order chi connectivity index (χ1) is 9.51. The Morgan fingerprint density at radius 2 is 2.05 bits per heavy atom. The number of ketones is 1. The lowest BCUT2D eigenvalue weighted by Crippen LogP contribution is -2.29. The highest BCUT2D eigenvalue weighted by atomic mass is 35.7. The van der Waals surface area contributed by atoms with Gasteiger partial charge in [0.1, 0.15) is 10.3 Å². The maximum atomic E-state index is 12.4.